The summed E-state index contributed by atoms with van der Waals surface area (Å²) in [6.45, 7) is 3.95. The van der Waals surface area contributed by atoms with E-state index in [0.717, 1.165) is 31.7 Å². The molecule has 1 aromatic carbocycles. The molecule has 1 aliphatic rings. The number of hydrogen-bond donors (Lipinski definition) is 0. The molecule has 1 aliphatic heterocycles. The van der Waals surface area contributed by atoms with Gasteiger partial charge in [0.1, 0.15) is 23.3 Å². The zero-order valence-corrected chi connectivity index (χ0v) is 13.6. The molecule has 0 spiro atoms. The van der Waals surface area contributed by atoms with Crippen LogP contribution in [0.2, 0.25) is 0 Å². The van der Waals surface area contributed by atoms with Gasteiger partial charge in [-0.3, -0.25) is 0 Å². The minimum absolute atomic E-state index is 0.152. The van der Waals surface area contributed by atoms with Crippen molar-refractivity contribution in [1.29, 1.82) is 0 Å². The summed E-state index contributed by atoms with van der Waals surface area (Å²) in [6, 6.07) is 3.04. The fourth-order valence-electron chi connectivity index (χ4n) is 3.12. The molecule has 130 valence electrons. The Balaban J connectivity index is 1.80. The molecule has 0 unspecified atom stereocenters. The van der Waals surface area contributed by atoms with E-state index in [4.69, 9.17) is 0 Å². The van der Waals surface area contributed by atoms with Gasteiger partial charge < -0.3 is 4.90 Å². The smallest absolute Gasteiger partial charge is 0.254 e. The highest BCUT2D eigenvalue weighted by molar-refractivity contribution is 5.60. The molecule has 0 atom stereocenters. The number of benzene rings is 1. The van der Waals surface area contributed by atoms with Crippen molar-refractivity contribution >= 4 is 11.6 Å². The van der Waals surface area contributed by atoms with Gasteiger partial charge in [-0.15, -0.1) is 5.10 Å². The summed E-state index contributed by atoms with van der Waals surface area (Å²) >= 11 is 0. The van der Waals surface area contributed by atoms with Gasteiger partial charge in [0.05, 0.1) is 5.56 Å². The fraction of sp³-hybridized carbons (Fsp3) is 0.353. The Morgan fingerprint density at radius 2 is 1.76 bits per heavy atom. The normalized spacial score (nSPS) is 15.9. The summed E-state index contributed by atoms with van der Waals surface area (Å²) < 4.78 is 42.6. The van der Waals surface area contributed by atoms with Gasteiger partial charge >= 0.3 is 0 Å². The van der Waals surface area contributed by atoms with Crippen LogP contribution in [0.1, 0.15) is 19.8 Å². The predicted octanol–water partition coefficient (Wildman–Crippen LogP) is 3.44. The van der Waals surface area contributed by atoms with Crippen LogP contribution in [0.4, 0.5) is 19.0 Å². The molecule has 0 saturated carbocycles. The molecule has 3 heterocycles. The number of anilines is 1. The monoisotopic (exact) mass is 347 g/mol. The van der Waals surface area contributed by atoms with E-state index in [1.54, 1.807) is 12.3 Å². The fourth-order valence-corrected chi connectivity index (χ4v) is 3.12. The van der Waals surface area contributed by atoms with Crippen molar-refractivity contribution in [3.05, 3.63) is 41.8 Å². The molecule has 4 rings (SSSR count). The first-order valence-electron chi connectivity index (χ1n) is 8.14. The van der Waals surface area contributed by atoms with Gasteiger partial charge in [0, 0.05) is 31.4 Å². The number of hydrogen-bond acceptors (Lipinski definition) is 4. The van der Waals surface area contributed by atoms with Crippen molar-refractivity contribution in [2.45, 2.75) is 19.8 Å². The Morgan fingerprint density at radius 1 is 1.08 bits per heavy atom. The van der Waals surface area contributed by atoms with Crippen LogP contribution >= 0.6 is 0 Å². The average molecular weight is 347 g/mol. The summed E-state index contributed by atoms with van der Waals surface area (Å²) in [5, 5.41) is 4.23. The van der Waals surface area contributed by atoms with E-state index in [-0.39, 0.29) is 11.6 Å². The third kappa shape index (κ3) is 2.81. The molecule has 8 heteroatoms. The molecule has 3 aromatic rings. The lowest BCUT2D eigenvalue weighted by Gasteiger charge is -2.31. The molecule has 1 fully saturated rings. The number of aromatic nitrogens is 4. The minimum Gasteiger partial charge on any atom is -0.356 e. The summed E-state index contributed by atoms with van der Waals surface area (Å²) in [6.07, 6.45) is 3.72. The van der Waals surface area contributed by atoms with Crippen LogP contribution in [0, 0.1) is 23.4 Å². The van der Waals surface area contributed by atoms with Gasteiger partial charge in [0.25, 0.3) is 5.78 Å². The second-order valence-corrected chi connectivity index (χ2v) is 6.36. The van der Waals surface area contributed by atoms with Crippen molar-refractivity contribution < 1.29 is 13.2 Å². The van der Waals surface area contributed by atoms with Gasteiger partial charge in [-0.05, 0) is 24.8 Å². The zero-order valence-electron chi connectivity index (χ0n) is 13.6. The maximum atomic E-state index is 14.0. The van der Waals surface area contributed by atoms with Crippen LogP contribution in [0.15, 0.2) is 24.4 Å². The van der Waals surface area contributed by atoms with Crippen LogP contribution in [-0.2, 0) is 0 Å². The molecule has 0 aliphatic carbocycles. The van der Waals surface area contributed by atoms with E-state index in [0.29, 0.717) is 18.1 Å². The molecule has 5 nitrogen and oxygen atoms in total. The minimum atomic E-state index is -1.04. The summed E-state index contributed by atoms with van der Waals surface area (Å²) in [5.41, 5.74) is -0.454. The lowest BCUT2D eigenvalue weighted by Crippen LogP contribution is -2.34. The van der Waals surface area contributed by atoms with Gasteiger partial charge in [-0.25, -0.2) is 18.2 Å². The molecule has 0 bridgehead atoms. The maximum Gasteiger partial charge on any atom is 0.254 e. The Hall–Kier alpha value is -2.64. The third-order valence-corrected chi connectivity index (χ3v) is 4.56. The predicted molar refractivity (Wildman–Crippen MR) is 86.7 cm³/mol. The van der Waals surface area contributed by atoms with Gasteiger partial charge in [0.15, 0.2) is 5.82 Å². The zero-order chi connectivity index (χ0) is 17.6. The summed E-state index contributed by atoms with van der Waals surface area (Å²) in [5.74, 6) is -1.53. The first-order chi connectivity index (χ1) is 12.0. The summed E-state index contributed by atoms with van der Waals surface area (Å²) in [7, 11) is 0. The third-order valence-electron chi connectivity index (χ3n) is 4.56. The van der Waals surface area contributed by atoms with Crippen LogP contribution in [0.3, 0.4) is 0 Å². The van der Waals surface area contributed by atoms with Crippen molar-refractivity contribution in [3.8, 4) is 11.4 Å². The molecule has 0 amide bonds. The second-order valence-electron chi connectivity index (χ2n) is 6.36. The number of rotatable bonds is 2. The number of nitrogens with zero attached hydrogens (tertiary/aromatic N) is 5. The van der Waals surface area contributed by atoms with E-state index in [2.05, 4.69) is 26.9 Å². The quantitative estimate of drug-likeness (QED) is 0.712. The highest BCUT2D eigenvalue weighted by Gasteiger charge is 2.22. The van der Waals surface area contributed by atoms with Crippen molar-refractivity contribution in [3.63, 3.8) is 0 Å². The van der Waals surface area contributed by atoms with Crippen molar-refractivity contribution in [2.24, 2.45) is 5.92 Å². The van der Waals surface area contributed by atoms with Crippen LogP contribution in [0.5, 0.6) is 0 Å². The lowest BCUT2D eigenvalue weighted by molar-refractivity contribution is 0.435. The van der Waals surface area contributed by atoms with Crippen LogP contribution in [-0.4, -0.2) is 32.7 Å². The van der Waals surface area contributed by atoms with Gasteiger partial charge in [-0.1, -0.05) is 6.92 Å². The number of halogens is 3. The Bertz CT molecular complexity index is 908. The Labute approximate surface area is 142 Å². The van der Waals surface area contributed by atoms with Gasteiger partial charge in [0.2, 0.25) is 0 Å². The van der Waals surface area contributed by atoms with Crippen molar-refractivity contribution in [1.82, 2.24) is 19.6 Å². The number of fused-ring (bicyclic) bond motifs is 1. The molecule has 0 N–H and O–H groups in total. The average Bonchev–Trinajstić information content (AvgIpc) is 2.98. The first-order valence-corrected chi connectivity index (χ1v) is 8.14. The molecule has 1 saturated heterocycles. The van der Waals surface area contributed by atoms with Crippen LogP contribution in [0.25, 0.3) is 17.2 Å². The molecule has 0 radical (unpaired) electrons. The van der Waals surface area contributed by atoms with Crippen LogP contribution < -0.4 is 4.90 Å². The highest BCUT2D eigenvalue weighted by atomic mass is 19.1. The van der Waals surface area contributed by atoms with E-state index in [1.807, 2.05) is 0 Å². The van der Waals surface area contributed by atoms with Gasteiger partial charge in [-0.2, -0.15) is 9.50 Å². The standard InChI is InChI=1S/C17H16F3N5/c1-10-3-6-24(7-4-10)14-2-5-21-17-22-16(23-25(14)17)15-12(19)8-11(18)9-13(15)20/h2,5,8-10H,3-4,6-7H2,1H3. The molecule has 2 aromatic heterocycles. The topological polar surface area (TPSA) is 46.3 Å². The first kappa shape index (κ1) is 15.9. The SMILES string of the molecule is CC1CCN(c2ccnc3nc(-c4c(F)cc(F)cc4F)nn23)CC1. The van der Waals surface area contributed by atoms with E-state index in [1.165, 1.54) is 4.52 Å². The van der Waals surface area contributed by atoms with E-state index in [9.17, 15) is 13.2 Å². The van der Waals surface area contributed by atoms with E-state index < -0.39 is 23.0 Å². The maximum absolute atomic E-state index is 14.0. The highest BCUT2D eigenvalue weighted by Crippen LogP contribution is 2.27. The molecular weight excluding hydrogens is 331 g/mol. The summed E-state index contributed by atoms with van der Waals surface area (Å²) in [4.78, 5) is 10.4. The lowest BCUT2D eigenvalue weighted by atomic mass is 9.99. The van der Waals surface area contributed by atoms with Crippen molar-refractivity contribution in [2.75, 3.05) is 18.0 Å². The Morgan fingerprint density at radius 3 is 2.44 bits per heavy atom. The number of piperidine rings is 1. The molecule has 25 heavy (non-hydrogen) atoms. The van der Waals surface area contributed by atoms with E-state index >= 15 is 0 Å². The largest absolute Gasteiger partial charge is 0.356 e. The molecular formula is C17H16F3N5. The second kappa shape index (κ2) is 6.02. The Kier molecular flexibility index (Phi) is 3.82.